The first kappa shape index (κ1) is 31.2. The number of aromatic hydroxyl groups is 1. The Morgan fingerprint density at radius 1 is 1.07 bits per heavy atom. The molecule has 0 amide bonds. The number of fused-ring (bicyclic) bond motifs is 3. The predicted molar refractivity (Wildman–Crippen MR) is 154 cm³/mol. The summed E-state index contributed by atoms with van der Waals surface area (Å²) in [5.41, 5.74) is -2.54. The quantitative estimate of drug-likeness (QED) is 0.370. The highest BCUT2D eigenvalue weighted by Crippen LogP contribution is 2.55. The Kier molecular flexibility index (Phi) is 8.01. The molecule has 232 valence electrons. The van der Waals surface area contributed by atoms with Gasteiger partial charge in [0.15, 0.2) is 34.5 Å². The molecule has 1 aliphatic heterocycles. The van der Waals surface area contributed by atoms with Gasteiger partial charge in [-0.2, -0.15) is 0 Å². The Morgan fingerprint density at radius 2 is 1.72 bits per heavy atom. The number of phenols is 1. The summed E-state index contributed by atoms with van der Waals surface area (Å²) in [5.74, 6) is -12.0. The molecule has 43 heavy (non-hydrogen) atoms. The Labute approximate surface area is 251 Å². The zero-order chi connectivity index (χ0) is 31.6. The van der Waals surface area contributed by atoms with Gasteiger partial charge in [-0.3, -0.25) is 28.8 Å². The molecule has 0 spiro atoms. The first-order chi connectivity index (χ1) is 20.1. The molecule has 0 aromatic heterocycles. The van der Waals surface area contributed by atoms with E-state index in [0.29, 0.717) is 17.7 Å². The Morgan fingerprint density at radius 3 is 2.33 bits per heavy atom. The van der Waals surface area contributed by atoms with Gasteiger partial charge in [0, 0.05) is 37.6 Å². The van der Waals surface area contributed by atoms with Gasteiger partial charge in [0.25, 0.3) is 0 Å². The number of carbonyl (C=O) groups is 6. The van der Waals surface area contributed by atoms with Crippen LogP contribution in [-0.2, 0) is 34.1 Å². The van der Waals surface area contributed by atoms with Crippen molar-refractivity contribution >= 4 is 34.9 Å². The van der Waals surface area contributed by atoms with Gasteiger partial charge < -0.3 is 19.8 Å². The van der Waals surface area contributed by atoms with Crippen LogP contribution < -0.4 is 0 Å². The zero-order valence-electron chi connectivity index (χ0n) is 25.5. The standard InChI is InChI=1S/C33H41NO9/c1-6-22(37)43-29-19-15-21(36)25(20(35)11-14-34-12-7-8-13-34)30(40)33(19,42)31(41)26-23(29)16(2)17-9-10-18(32(3,4)5)27(38)24(17)28(26)39/h9-10,16,19,23,25-26,29,38,42H,6-8,11-15H2,1-5H3/t16-,19+,23+,25?,26?,29+,33+/m0/s1. The third-order valence-electron chi connectivity index (χ3n) is 10.1. The van der Waals surface area contributed by atoms with Crippen LogP contribution in [0.15, 0.2) is 12.1 Å². The lowest BCUT2D eigenvalue weighted by Gasteiger charge is -2.53. The van der Waals surface area contributed by atoms with Crippen LogP contribution in [0, 0.1) is 23.7 Å². The molecule has 0 bridgehead atoms. The molecule has 2 N–H and O–H groups in total. The maximum absolute atomic E-state index is 14.3. The summed E-state index contributed by atoms with van der Waals surface area (Å²) in [6.45, 7) is 10.9. The van der Waals surface area contributed by atoms with Gasteiger partial charge in [0.2, 0.25) is 0 Å². The van der Waals surface area contributed by atoms with Gasteiger partial charge >= 0.3 is 5.97 Å². The molecule has 3 aliphatic carbocycles. The van der Waals surface area contributed by atoms with Crippen LogP contribution in [0.2, 0.25) is 0 Å². The van der Waals surface area contributed by atoms with E-state index in [9.17, 15) is 39.0 Å². The van der Waals surface area contributed by atoms with Crippen molar-refractivity contribution in [3.63, 3.8) is 0 Å². The molecular formula is C33H41NO9. The number of benzene rings is 1. The summed E-state index contributed by atoms with van der Waals surface area (Å²) in [4.78, 5) is 83.8. The Balaban J connectivity index is 1.59. The maximum Gasteiger partial charge on any atom is 0.305 e. The van der Waals surface area contributed by atoms with Gasteiger partial charge in [0.05, 0.1) is 11.5 Å². The van der Waals surface area contributed by atoms with Crippen LogP contribution >= 0.6 is 0 Å². The second-order valence-corrected chi connectivity index (χ2v) is 13.7. The van der Waals surface area contributed by atoms with Crippen molar-refractivity contribution in [3.8, 4) is 5.75 Å². The van der Waals surface area contributed by atoms with Crippen LogP contribution in [0.3, 0.4) is 0 Å². The molecule has 0 radical (unpaired) electrons. The summed E-state index contributed by atoms with van der Waals surface area (Å²) >= 11 is 0. The normalized spacial score (nSPS) is 32.7. The van der Waals surface area contributed by atoms with Crippen molar-refractivity contribution in [2.75, 3.05) is 19.6 Å². The predicted octanol–water partition coefficient (Wildman–Crippen LogP) is 2.69. The van der Waals surface area contributed by atoms with Crippen molar-refractivity contribution in [2.45, 2.75) is 89.8 Å². The molecule has 5 rings (SSSR count). The number of Topliss-reactive ketones (excluding diaryl/α,β-unsaturated/α-hetero) is 5. The van der Waals surface area contributed by atoms with E-state index < -0.39 is 88.0 Å². The van der Waals surface area contributed by atoms with Crippen molar-refractivity contribution in [2.24, 2.45) is 23.7 Å². The first-order valence-electron chi connectivity index (χ1n) is 15.3. The summed E-state index contributed by atoms with van der Waals surface area (Å²) in [7, 11) is 0. The molecule has 1 aromatic carbocycles. The number of aliphatic hydroxyl groups is 1. The average Bonchev–Trinajstić information content (AvgIpc) is 3.46. The summed E-state index contributed by atoms with van der Waals surface area (Å²) < 4.78 is 5.78. The monoisotopic (exact) mass is 595 g/mol. The van der Waals surface area contributed by atoms with Crippen LogP contribution in [0.4, 0.5) is 0 Å². The van der Waals surface area contributed by atoms with E-state index in [0.717, 1.165) is 25.9 Å². The highest BCUT2D eigenvalue weighted by molar-refractivity contribution is 6.32. The minimum absolute atomic E-state index is 0.0544. The zero-order valence-corrected chi connectivity index (χ0v) is 25.5. The highest BCUT2D eigenvalue weighted by Gasteiger charge is 2.71. The van der Waals surface area contributed by atoms with E-state index in [1.165, 1.54) is 0 Å². The maximum atomic E-state index is 14.3. The SMILES string of the molecule is CCC(=O)O[C@H]1[C@H]2C(C(=O)c3c(ccc(C(C)(C)C)c3O)[C@@H]2C)C(=O)[C@]2(O)C(=O)C(C(=O)CCN3CCCC3)C(=O)C[C@H]12. The minimum atomic E-state index is -2.88. The van der Waals surface area contributed by atoms with Crippen molar-refractivity contribution in [3.05, 3.63) is 28.8 Å². The molecule has 10 nitrogen and oxygen atoms in total. The molecule has 7 atom stereocenters. The van der Waals surface area contributed by atoms with Gasteiger partial charge in [0.1, 0.15) is 17.8 Å². The largest absolute Gasteiger partial charge is 0.507 e. The van der Waals surface area contributed by atoms with Crippen LogP contribution in [0.25, 0.3) is 0 Å². The number of rotatable bonds is 6. The third kappa shape index (κ3) is 4.86. The summed E-state index contributed by atoms with van der Waals surface area (Å²) in [6.07, 6.45) is -0.0143. The molecule has 1 heterocycles. The van der Waals surface area contributed by atoms with Gasteiger partial charge in [-0.05, 0) is 48.4 Å². The topological polar surface area (TPSA) is 155 Å². The lowest BCUT2D eigenvalue weighted by molar-refractivity contribution is -0.198. The minimum Gasteiger partial charge on any atom is -0.507 e. The molecule has 10 heteroatoms. The van der Waals surface area contributed by atoms with Gasteiger partial charge in [-0.15, -0.1) is 0 Å². The number of carbonyl (C=O) groups excluding carboxylic acids is 6. The Bertz CT molecular complexity index is 1400. The molecule has 4 aliphatic rings. The molecular weight excluding hydrogens is 554 g/mol. The van der Waals surface area contributed by atoms with E-state index in [1.54, 1.807) is 26.0 Å². The summed E-state index contributed by atoms with van der Waals surface area (Å²) in [6, 6.07) is 3.43. The number of hydrogen-bond donors (Lipinski definition) is 2. The fourth-order valence-electron chi connectivity index (χ4n) is 7.78. The molecule has 1 saturated heterocycles. The number of likely N-dealkylation sites (tertiary alicyclic amines) is 1. The molecule has 2 saturated carbocycles. The highest BCUT2D eigenvalue weighted by atomic mass is 16.5. The number of nitrogens with zero attached hydrogens (tertiary/aromatic N) is 1. The third-order valence-corrected chi connectivity index (χ3v) is 10.1. The van der Waals surface area contributed by atoms with Crippen LogP contribution in [0.1, 0.15) is 94.1 Å². The van der Waals surface area contributed by atoms with E-state index >= 15 is 0 Å². The molecule has 2 unspecified atom stereocenters. The lowest BCUT2D eigenvalue weighted by Crippen LogP contribution is -2.72. The van der Waals surface area contributed by atoms with Crippen LogP contribution in [-0.4, -0.2) is 81.3 Å². The lowest BCUT2D eigenvalue weighted by atomic mass is 9.50. The van der Waals surface area contributed by atoms with Crippen molar-refractivity contribution < 1.29 is 43.7 Å². The van der Waals surface area contributed by atoms with Gasteiger partial charge in [-0.25, -0.2) is 0 Å². The smallest absolute Gasteiger partial charge is 0.305 e. The van der Waals surface area contributed by atoms with E-state index in [-0.39, 0.29) is 24.2 Å². The Hall–Kier alpha value is -3.24. The number of ether oxygens (including phenoxy) is 1. The van der Waals surface area contributed by atoms with Gasteiger partial charge in [-0.1, -0.05) is 46.8 Å². The van der Waals surface area contributed by atoms with E-state index in [2.05, 4.69) is 4.90 Å². The van der Waals surface area contributed by atoms with Crippen LogP contribution in [0.5, 0.6) is 5.75 Å². The van der Waals surface area contributed by atoms with Crippen molar-refractivity contribution in [1.29, 1.82) is 0 Å². The fraction of sp³-hybridized carbons (Fsp3) is 0.636. The second kappa shape index (κ2) is 11.0. The molecule has 1 aromatic rings. The number of hydrogen-bond acceptors (Lipinski definition) is 10. The first-order valence-corrected chi connectivity index (χ1v) is 15.3. The number of phenolic OH excluding ortho intramolecular Hbond substituents is 1. The molecule has 3 fully saturated rings. The van der Waals surface area contributed by atoms with E-state index in [1.807, 2.05) is 20.8 Å². The van der Waals surface area contributed by atoms with Crippen molar-refractivity contribution in [1.82, 2.24) is 4.90 Å². The van der Waals surface area contributed by atoms with E-state index in [4.69, 9.17) is 4.74 Å². The number of esters is 1. The fourth-order valence-corrected chi connectivity index (χ4v) is 7.78. The second-order valence-electron chi connectivity index (χ2n) is 13.7. The summed E-state index contributed by atoms with van der Waals surface area (Å²) in [5, 5.41) is 23.3. The number of ketones is 5. The average molecular weight is 596 g/mol.